The molecule has 0 fully saturated rings. The van der Waals surface area contributed by atoms with Crippen LogP contribution in [0.3, 0.4) is 0 Å². The summed E-state index contributed by atoms with van der Waals surface area (Å²) in [7, 11) is 0. The SMILES string of the molecule is O=C(Nc1ccc(F)cc1)N1CC=C(c2c[nH]c3ccccc23)CC1. The summed E-state index contributed by atoms with van der Waals surface area (Å²) in [5.41, 5.74) is 4.17. The highest BCUT2D eigenvalue weighted by atomic mass is 19.1. The van der Waals surface area contributed by atoms with E-state index in [1.165, 1.54) is 28.7 Å². The average Bonchev–Trinajstić information content (AvgIpc) is 3.08. The molecule has 1 aromatic heterocycles. The maximum atomic E-state index is 12.9. The lowest BCUT2D eigenvalue weighted by Gasteiger charge is -2.26. The number of carbonyl (C=O) groups excluding carboxylic acids is 1. The van der Waals surface area contributed by atoms with E-state index in [2.05, 4.69) is 28.5 Å². The van der Waals surface area contributed by atoms with Crippen LogP contribution in [0, 0.1) is 5.82 Å². The first-order valence-corrected chi connectivity index (χ1v) is 8.28. The Kier molecular flexibility index (Phi) is 3.98. The van der Waals surface area contributed by atoms with Crippen LogP contribution in [0.4, 0.5) is 14.9 Å². The average molecular weight is 335 g/mol. The van der Waals surface area contributed by atoms with Crippen LogP contribution in [0.5, 0.6) is 0 Å². The Bertz CT molecular complexity index is 943. The van der Waals surface area contributed by atoms with Crippen molar-refractivity contribution in [1.29, 1.82) is 0 Å². The smallest absolute Gasteiger partial charge is 0.322 e. The molecule has 0 saturated carbocycles. The van der Waals surface area contributed by atoms with E-state index in [1.54, 1.807) is 17.0 Å². The molecular formula is C20H18FN3O. The van der Waals surface area contributed by atoms with Gasteiger partial charge in [-0.3, -0.25) is 0 Å². The van der Waals surface area contributed by atoms with Crippen molar-refractivity contribution in [1.82, 2.24) is 9.88 Å². The van der Waals surface area contributed by atoms with Crippen molar-refractivity contribution >= 4 is 28.2 Å². The molecule has 2 N–H and O–H groups in total. The number of carbonyl (C=O) groups is 1. The molecule has 126 valence electrons. The van der Waals surface area contributed by atoms with Crippen molar-refractivity contribution in [2.75, 3.05) is 18.4 Å². The molecular weight excluding hydrogens is 317 g/mol. The molecule has 2 aromatic carbocycles. The molecule has 0 saturated heterocycles. The molecule has 0 unspecified atom stereocenters. The van der Waals surface area contributed by atoms with E-state index >= 15 is 0 Å². The molecule has 4 nitrogen and oxygen atoms in total. The van der Waals surface area contributed by atoms with Crippen molar-refractivity contribution in [3.63, 3.8) is 0 Å². The number of hydrogen-bond acceptors (Lipinski definition) is 1. The van der Waals surface area contributed by atoms with E-state index in [1.807, 2.05) is 18.3 Å². The molecule has 4 rings (SSSR count). The number of nitrogens with one attached hydrogen (secondary N) is 2. The quantitative estimate of drug-likeness (QED) is 0.705. The Hall–Kier alpha value is -3.08. The van der Waals surface area contributed by atoms with Crippen LogP contribution in [-0.2, 0) is 0 Å². The van der Waals surface area contributed by atoms with E-state index in [4.69, 9.17) is 0 Å². The van der Waals surface area contributed by atoms with Gasteiger partial charge < -0.3 is 15.2 Å². The zero-order chi connectivity index (χ0) is 17.2. The number of aromatic nitrogens is 1. The summed E-state index contributed by atoms with van der Waals surface area (Å²) in [5, 5.41) is 4.01. The van der Waals surface area contributed by atoms with Gasteiger partial charge in [0, 0.05) is 41.4 Å². The Balaban J connectivity index is 1.46. The first kappa shape index (κ1) is 15.4. The minimum absolute atomic E-state index is 0.166. The molecule has 0 radical (unpaired) electrons. The zero-order valence-electron chi connectivity index (χ0n) is 13.6. The van der Waals surface area contributed by atoms with Crippen LogP contribution < -0.4 is 5.32 Å². The summed E-state index contributed by atoms with van der Waals surface area (Å²) in [6.45, 7) is 1.21. The molecule has 1 aliphatic heterocycles. The normalized spacial score (nSPS) is 14.4. The minimum atomic E-state index is -0.317. The number of H-pyrrole nitrogens is 1. The number of fused-ring (bicyclic) bond motifs is 1. The fourth-order valence-corrected chi connectivity index (χ4v) is 3.17. The Labute approximate surface area is 145 Å². The summed E-state index contributed by atoms with van der Waals surface area (Å²) >= 11 is 0. The summed E-state index contributed by atoms with van der Waals surface area (Å²) in [4.78, 5) is 17.4. The van der Waals surface area contributed by atoms with Crippen LogP contribution in [0.1, 0.15) is 12.0 Å². The highest BCUT2D eigenvalue weighted by Crippen LogP contribution is 2.29. The molecule has 0 aliphatic carbocycles. The van der Waals surface area contributed by atoms with Gasteiger partial charge in [0.05, 0.1) is 0 Å². The van der Waals surface area contributed by atoms with Gasteiger partial charge in [-0.15, -0.1) is 0 Å². The van der Waals surface area contributed by atoms with Gasteiger partial charge in [-0.1, -0.05) is 24.3 Å². The molecule has 0 bridgehead atoms. The first-order valence-electron chi connectivity index (χ1n) is 8.28. The lowest BCUT2D eigenvalue weighted by atomic mass is 9.99. The number of anilines is 1. The second-order valence-corrected chi connectivity index (χ2v) is 6.11. The standard InChI is InChI=1S/C20H18FN3O/c21-15-5-7-16(8-6-15)23-20(25)24-11-9-14(10-12-24)18-13-22-19-4-2-1-3-17(18)19/h1-9,13,22H,10-12H2,(H,23,25). The number of nitrogens with zero attached hydrogens (tertiary/aromatic N) is 1. The number of urea groups is 1. The number of halogens is 1. The van der Waals surface area contributed by atoms with Crippen molar-refractivity contribution in [2.45, 2.75) is 6.42 Å². The Morgan fingerprint density at radius 2 is 1.92 bits per heavy atom. The maximum absolute atomic E-state index is 12.9. The Morgan fingerprint density at radius 3 is 2.68 bits per heavy atom. The van der Waals surface area contributed by atoms with Crippen molar-refractivity contribution in [2.24, 2.45) is 0 Å². The van der Waals surface area contributed by atoms with Crippen molar-refractivity contribution in [3.05, 3.63) is 72.2 Å². The zero-order valence-corrected chi connectivity index (χ0v) is 13.6. The molecule has 3 aromatic rings. The van der Waals surface area contributed by atoms with Gasteiger partial charge >= 0.3 is 6.03 Å². The van der Waals surface area contributed by atoms with Gasteiger partial charge in [-0.25, -0.2) is 9.18 Å². The molecule has 25 heavy (non-hydrogen) atoms. The van der Waals surface area contributed by atoms with Crippen LogP contribution in [-0.4, -0.2) is 29.0 Å². The fraction of sp³-hybridized carbons (Fsp3) is 0.150. The third-order valence-corrected chi connectivity index (χ3v) is 4.53. The molecule has 2 heterocycles. The van der Waals surface area contributed by atoms with Gasteiger partial charge in [-0.05, 0) is 42.3 Å². The number of benzene rings is 2. The third kappa shape index (κ3) is 3.13. The number of rotatable bonds is 2. The van der Waals surface area contributed by atoms with Crippen LogP contribution in [0.25, 0.3) is 16.5 Å². The monoisotopic (exact) mass is 335 g/mol. The lowest BCUT2D eigenvalue weighted by Crippen LogP contribution is -2.37. The van der Waals surface area contributed by atoms with Crippen LogP contribution in [0.2, 0.25) is 0 Å². The second kappa shape index (κ2) is 6.43. The number of hydrogen-bond donors (Lipinski definition) is 2. The number of para-hydroxylation sites is 1. The molecule has 0 spiro atoms. The van der Waals surface area contributed by atoms with Crippen molar-refractivity contribution < 1.29 is 9.18 Å². The second-order valence-electron chi connectivity index (χ2n) is 6.11. The summed E-state index contributed by atoms with van der Waals surface area (Å²) in [6.07, 6.45) is 4.94. The van der Waals surface area contributed by atoms with Gasteiger partial charge in [-0.2, -0.15) is 0 Å². The predicted molar refractivity (Wildman–Crippen MR) is 97.9 cm³/mol. The van der Waals surface area contributed by atoms with Gasteiger partial charge in [0.1, 0.15) is 5.82 Å². The van der Waals surface area contributed by atoms with Crippen molar-refractivity contribution in [3.8, 4) is 0 Å². The highest BCUT2D eigenvalue weighted by Gasteiger charge is 2.19. The minimum Gasteiger partial charge on any atom is -0.361 e. The van der Waals surface area contributed by atoms with E-state index in [-0.39, 0.29) is 11.8 Å². The van der Waals surface area contributed by atoms with E-state index < -0.39 is 0 Å². The van der Waals surface area contributed by atoms with Crippen LogP contribution >= 0.6 is 0 Å². The van der Waals surface area contributed by atoms with Gasteiger partial charge in [0.25, 0.3) is 0 Å². The van der Waals surface area contributed by atoms with E-state index in [0.29, 0.717) is 18.8 Å². The number of amides is 2. The highest BCUT2D eigenvalue weighted by molar-refractivity contribution is 5.94. The summed E-state index contributed by atoms with van der Waals surface area (Å²) in [6, 6.07) is 13.8. The molecule has 0 atom stereocenters. The topological polar surface area (TPSA) is 48.1 Å². The van der Waals surface area contributed by atoms with Crippen LogP contribution in [0.15, 0.2) is 60.8 Å². The van der Waals surface area contributed by atoms with E-state index in [0.717, 1.165) is 11.9 Å². The molecule has 1 aliphatic rings. The maximum Gasteiger partial charge on any atom is 0.322 e. The largest absolute Gasteiger partial charge is 0.361 e. The summed E-state index contributed by atoms with van der Waals surface area (Å²) < 4.78 is 12.9. The Morgan fingerprint density at radius 1 is 1.12 bits per heavy atom. The first-order chi connectivity index (χ1) is 12.2. The fourth-order valence-electron chi connectivity index (χ4n) is 3.17. The third-order valence-electron chi connectivity index (χ3n) is 4.53. The number of aromatic amines is 1. The molecule has 2 amide bonds. The predicted octanol–water partition coefficient (Wildman–Crippen LogP) is 4.63. The van der Waals surface area contributed by atoms with Gasteiger partial charge in [0.2, 0.25) is 0 Å². The lowest BCUT2D eigenvalue weighted by molar-refractivity contribution is 0.217. The summed E-state index contributed by atoms with van der Waals surface area (Å²) in [5.74, 6) is -0.317. The van der Waals surface area contributed by atoms with Gasteiger partial charge in [0.15, 0.2) is 0 Å². The van der Waals surface area contributed by atoms with E-state index in [9.17, 15) is 9.18 Å². The molecule has 5 heteroatoms.